The molecule has 0 aromatic carbocycles. The number of carbonyl (C=O) groups excluding carboxylic acids is 5. The minimum absolute atomic E-state index is 0.0157. The van der Waals surface area contributed by atoms with Gasteiger partial charge in [0.1, 0.15) is 24.1 Å². The van der Waals surface area contributed by atoms with Gasteiger partial charge >= 0.3 is 5.97 Å². The van der Waals surface area contributed by atoms with Crippen molar-refractivity contribution in [1.29, 1.82) is 0 Å². The second-order valence-electron chi connectivity index (χ2n) is 20.2. The van der Waals surface area contributed by atoms with Crippen molar-refractivity contribution in [2.75, 3.05) is 47.6 Å². The predicted octanol–water partition coefficient (Wildman–Crippen LogP) is 6.05. The molecule has 1 aliphatic carbocycles. The van der Waals surface area contributed by atoms with Crippen LogP contribution in [0.4, 0.5) is 0 Å². The standard InChI is InChI=1S/C53H83NO14/c1-32-15-12-11-13-16-33(2)44(63-8)29-41-20-18-38(7)53(62,68-41)50(59)51(60)54-22-14-17-40(31-54)52(61)67-45(35(4)27-39-19-21-43(66-24-23-55)46(28-39)64-9)30-42(56)34(3)26-37(6)48(58)49(65-10)47(57)36(5)25-32/h11-13,15-16,26,32,34-36,38-41,43-46,48-49,55,58,62H,14,17-25,27-31H2,1-10H3/b13-11+,15-12+,33-16+,37-26+/t32-,34-,35?,36-,38-,39+,40?,41+,43-,44+,45+,46-,48-,49+,53-/m1/s1. The number of fused-ring (bicyclic) bond motifs is 4. The molecule has 3 heterocycles. The molecule has 3 N–H and O–H groups in total. The number of nitrogens with zero attached hydrogens (tertiary/aromatic N) is 1. The molecule has 15 atom stereocenters. The highest BCUT2D eigenvalue weighted by atomic mass is 16.6. The Morgan fingerprint density at radius 1 is 0.868 bits per heavy atom. The zero-order chi connectivity index (χ0) is 50.3. The molecule has 15 nitrogen and oxygen atoms in total. The van der Waals surface area contributed by atoms with E-state index in [-0.39, 0.29) is 74.3 Å². The number of methoxy groups -OCH3 is 3. The Morgan fingerprint density at radius 3 is 2.28 bits per heavy atom. The molecule has 0 aromatic rings. The highest BCUT2D eigenvalue weighted by Crippen LogP contribution is 2.38. The summed E-state index contributed by atoms with van der Waals surface area (Å²) in [6.07, 6.45) is 11.9. The van der Waals surface area contributed by atoms with Crippen molar-refractivity contribution in [2.24, 2.45) is 41.4 Å². The van der Waals surface area contributed by atoms with Gasteiger partial charge < -0.3 is 48.6 Å². The number of aliphatic hydroxyl groups excluding tert-OH is 2. The third-order valence-electron chi connectivity index (χ3n) is 14.9. The van der Waals surface area contributed by atoms with E-state index in [1.807, 2.05) is 58.1 Å². The lowest BCUT2D eigenvalue weighted by atomic mass is 9.78. The molecule has 2 saturated heterocycles. The summed E-state index contributed by atoms with van der Waals surface area (Å²) < 4.78 is 35.5. The van der Waals surface area contributed by atoms with Crippen molar-refractivity contribution in [1.82, 2.24) is 4.90 Å². The number of piperidine rings is 1. The van der Waals surface area contributed by atoms with E-state index < -0.39 is 77.6 Å². The van der Waals surface area contributed by atoms with Crippen LogP contribution in [0.5, 0.6) is 0 Å². The van der Waals surface area contributed by atoms with Crippen LogP contribution in [0, 0.1) is 41.4 Å². The number of ether oxygens (including phenoxy) is 6. The summed E-state index contributed by atoms with van der Waals surface area (Å²) in [6.45, 7) is 13.0. The molecule has 68 heavy (non-hydrogen) atoms. The highest BCUT2D eigenvalue weighted by Gasteiger charge is 2.52. The van der Waals surface area contributed by atoms with Crippen molar-refractivity contribution in [3.63, 3.8) is 0 Å². The summed E-state index contributed by atoms with van der Waals surface area (Å²) in [6, 6.07) is 0. The first-order chi connectivity index (χ1) is 32.3. The first kappa shape index (κ1) is 57.2. The lowest BCUT2D eigenvalue weighted by Crippen LogP contribution is -2.59. The number of hydrogen-bond acceptors (Lipinski definition) is 14. The molecular formula is C53H83NO14. The zero-order valence-corrected chi connectivity index (χ0v) is 42.4. The quantitative estimate of drug-likeness (QED) is 0.137. The van der Waals surface area contributed by atoms with Gasteiger partial charge in [0.2, 0.25) is 5.79 Å². The maximum atomic E-state index is 14.2. The molecule has 4 aliphatic rings. The smallest absolute Gasteiger partial charge is 0.311 e. The van der Waals surface area contributed by atoms with E-state index in [1.54, 1.807) is 41.1 Å². The Morgan fingerprint density at radius 2 is 1.60 bits per heavy atom. The topological polar surface area (TPSA) is 205 Å². The Bertz CT molecular complexity index is 1810. The Balaban J connectivity index is 1.65. The molecule has 1 saturated carbocycles. The normalized spacial score (nSPS) is 39.2. The number of esters is 1. The molecule has 4 rings (SSSR count). The van der Waals surface area contributed by atoms with Gasteiger partial charge in [0, 0.05) is 65.0 Å². The summed E-state index contributed by atoms with van der Waals surface area (Å²) >= 11 is 0. The Labute approximate surface area is 405 Å². The summed E-state index contributed by atoms with van der Waals surface area (Å²) in [5.41, 5.74) is 1.29. The van der Waals surface area contributed by atoms with Gasteiger partial charge in [-0.2, -0.15) is 0 Å². The highest BCUT2D eigenvalue weighted by molar-refractivity contribution is 6.38. The average molecular weight is 958 g/mol. The van der Waals surface area contributed by atoms with Crippen LogP contribution in [0.15, 0.2) is 47.6 Å². The fraction of sp³-hybridized carbons (Fsp3) is 0.755. The average Bonchev–Trinajstić information content (AvgIpc) is 3.32. The number of Topliss-reactive ketones (excluding diaryl/α,β-unsaturated/α-hetero) is 3. The first-order valence-corrected chi connectivity index (χ1v) is 25.0. The molecule has 384 valence electrons. The molecule has 1 amide bonds. The van der Waals surface area contributed by atoms with Crippen LogP contribution in [-0.4, -0.2) is 146 Å². The summed E-state index contributed by atoms with van der Waals surface area (Å²) in [4.78, 5) is 71.4. The monoisotopic (exact) mass is 958 g/mol. The van der Waals surface area contributed by atoms with Crippen LogP contribution in [0.3, 0.4) is 0 Å². The number of cyclic esters (lactones) is 1. The number of allylic oxidation sites excluding steroid dienone is 6. The van der Waals surface area contributed by atoms with E-state index in [0.29, 0.717) is 56.9 Å². The van der Waals surface area contributed by atoms with Crippen molar-refractivity contribution in [3.05, 3.63) is 47.6 Å². The Kier molecular flexibility index (Phi) is 22.9. The van der Waals surface area contributed by atoms with Crippen LogP contribution >= 0.6 is 0 Å². The SMILES string of the molecule is CO[C@H]1C[C@@H]2CC[C@@H](C)[C@@](O)(O2)C(=O)C(=O)N2CCCC(C2)C(=O)O[C@H](C(C)C[C@@H]2CC[C@@H](OCCO)[C@H](OC)C2)CC(=O)[C@H](C)/C=C(\C)[C@@H](O)[C@@H](OC)C(=O)[C@H](C)C[C@H](C)/C=C/C=C/C=C/1C. The molecule has 0 spiro atoms. The van der Waals surface area contributed by atoms with Crippen LogP contribution in [-0.2, 0) is 52.4 Å². The number of amides is 1. The van der Waals surface area contributed by atoms with E-state index >= 15 is 0 Å². The zero-order valence-electron chi connectivity index (χ0n) is 42.4. The molecule has 3 aliphatic heterocycles. The van der Waals surface area contributed by atoms with Crippen LogP contribution in [0.25, 0.3) is 0 Å². The fourth-order valence-electron chi connectivity index (χ4n) is 10.5. The van der Waals surface area contributed by atoms with Gasteiger partial charge in [-0.1, -0.05) is 71.1 Å². The summed E-state index contributed by atoms with van der Waals surface area (Å²) in [5.74, 6) is -8.17. The van der Waals surface area contributed by atoms with Gasteiger partial charge in [-0.05, 0) is 101 Å². The van der Waals surface area contributed by atoms with Gasteiger partial charge in [0.25, 0.3) is 11.7 Å². The van der Waals surface area contributed by atoms with E-state index in [2.05, 4.69) is 0 Å². The molecule has 4 bridgehead atoms. The predicted molar refractivity (Wildman–Crippen MR) is 256 cm³/mol. The molecule has 3 fully saturated rings. The van der Waals surface area contributed by atoms with Crippen molar-refractivity contribution < 1.29 is 67.7 Å². The van der Waals surface area contributed by atoms with Gasteiger partial charge in [-0.15, -0.1) is 0 Å². The van der Waals surface area contributed by atoms with Gasteiger partial charge in [0.05, 0.1) is 43.5 Å². The van der Waals surface area contributed by atoms with Crippen LogP contribution in [0.1, 0.15) is 119 Å². The van der Waals surface area contributed by atoms with Gasteiger partial charge in [0.15, 0.2) is 5.78 Å². The van der Waals surface area contributed by atoms with Crippen molar-refractivity contribution in [2.45, 2.75) is 168 Å². The van der Waals surface area contributed by atoms with Crippen molar-refractivity contribution >= 4 is 29.2 Å². The molecule has 0 aromatic heterocycles. The lowest BCUT2D eigenvalue weighted by Gasteiger charge is -2.42. The van der Waals surface area contributed by atoms with Crippen LogP contribution in [0.2, 0.25) is 0 Å². The van der Waals surface area contributed by atoms with Crippen LogP contribution < -0.4 is 0 Å². The molecule has 0 radical (unpaired) electrons. The number of aliphatic hydroxyl groups is 3. The van der Waals surface area contributed by atoms with E-state index in [4.69, 9.17) is 28.4 Å². The minimum Gasteiger partial charge on any atom is -0.461 e. The van der Waals surface area contributed by atoms with E-state index in [9.17, 15) is 39.3 Å². The minimum atomic E-state index is -2.37. The second-order valence-corrected chi connectivity index (χ2v) is 20.2. The van der Waals surface area contributed by atoms with Gasteiger partial charge in [-0.3, -0.25) is 24.0 Å². The summed E-state index contributed by atoms with van der Waals surface area (Å²) in [7, 11) is 4.60. The molecule has 2 unspecified atom stereocenters. The number of carbonyl (C=O) groups is 5. The molecular weight excluding hydrogens is 875 g/mol. The molecule has 15 heteroatoms. The largest absolute Gasteiger partial charge is 0.461 e. The third-order valence-corrected chi connectivity index (χ3v) is 14.9. The number of hydrogen-bond donors (Lipinski definition) is 3. The van der Waals surface area contributed by atoms with E-state index in [0.717, 1.165) is 18.4 Å². The van der Waals surface area contributed by atoms with Crippen molar-refractivity contribution in [3.8, 4) is 0 Å². The van der Waals surface area contributed by atoms with Gasteiger partial charge in [-0.25, -0.2) is 0 Å². The maximum absolute atomic E-state index is 14.2. The Hall–Kier alpha value is -3.41. The first-order valence-electron chi connectivity index (χ1n) is 25.0. The number of rotatable bonds is 9. The van der Waals surface area contributed by atoms with E-state index in [1.165, 1.54) is 12.0 Å². The maximum Gasteiger partial charge on any atom is 0.311 e. The lowest BCUT2D eigenvalue weighted by molar-refractivity contribution is -0.265. The number of ketones is 3. The second kappa shape index (κ2) is 27.3. The fourth-order valence-corrected chi connectivity index (χ4v) is 10.5. The third kappa shape index (κ3) is 15.5. The summed E-state index contributed by atoms with van der Waals surface area (Å²) in [5, 5.41) is 32.6.